The lowest BCUT2D eigenvalue weighted by Crippen LogP contribution is -2.19. The summed E-state index contributed by atoms with van der Waals surface area (Å²) >= 11 is 0. The summed E-state index contributed by atoms with van der Waals surface area (Å²) in [5.74, 6) is 0. The zero-order chi connectivity index (χ0) is 10.6. The Hall–Kier alpha value is -1.15. The van der Waals surface area contributed by atoms with E-state index >= 15 is 0 Å². The van der Waals surface area contributed by atoms with Gasteiger partial charge in [0.1, 0.15) is 6.29 Å². The standard InChI is InChI=1S/C12H16O2/c1-12(2,9-14)7-10-4-3-5-11(6-10)8-13/h3-6,8,14H,7,9H2,1-2H3. The highest BCUT2D eigenvalue weighted by Crippen LogP contribution is 2.21. The first kappa shape index (κ1) is 10.9. The molecule has 0 amide bonds. The Balaban J connectivity index is 2.81. The third kappa shape index (κ3) is 2.96. The topological polar surface area (TPSA) is 37.3 Å². The zero-order valence-electron chi connectivity index (χ0n) is 8.66. The normalized spacial score (nSPS) is 11.4. The Kier molecular flexibility index (Phi) is 3.42. The molecule has 0 bridgehead atoms. The molecule has 0 saturated carbocycles. The quantitative estimate of drug-likeness (QED) is 0.741. The lowest BCUT2D eigenvalue weighted by molar-refractivity contribution is 0.112. The van der Waals surface area contributed by atoms with E-state index < -0.39 is 0 Å². The van der Waals surface area contributed by atoms with Crippen molar-refractivity contribution in [3.8, 4) is 0 Å². The number of carbonyl (C=O) groups is 1. The highest BCUT2D eigenvalue weighted by Gasteiger charge is 2.16. The van der Waals surface area contributed by atoms with E-state index in [0.717, 1.165) is 18.3 Å². The van der Waals surface area contributed by atoms with Gasteiger partial charge < -0.3 is 5.11 Å². The predicted octanol–water partition coefficient (Wildman–Crippen LogP) is 2.06. The second kappa shape index (κ2) is 4.38. The van der Waals surface area contributed by atoms with Crippen molar-refractivity contribution in [1.29, 1.82) is 0 Å². The minimum absolute atomic E-state index is 0.124. The van der Waals surface area contributed by atoms with Crippen molar-refractivity contribution in [2.24, 2.45) is 5.41 Å². The summed E-state index contributed by atoms with van der Waals surface area (Å²) in [6.07, 6.45) is 1.63. The van der Waals surface area contributed by atoms with Gasteiger partial charge in [0.15, 0.2) is 0 Å². The molecule has 0 aliphatic rings. The molecule has 2 nitrogen and oxygen atoms in total. The summed E-state index contributed by atoms with van der Waals surface area (Å²) in [6, 6.07) is 7.49. The monoisotopic (exact) mass is 192 g/mol. The molecule has 14 heavy (non-hydrogen) atoms. The minimum Gasteiger partial charge on any atom is -0.396 e. The molecular formula is C12H16O2. The molecule has 0 aliphatic carbocycles. The van der Waals surface area contributed by atoms with E-state index in [1.54, 1.807) is 6.07 Å². The third-order valence-electron chi connectivity index (χ3n) is 2.20. The van der Waals surface area contributed by atoms with Crippen LogP contribution in [0.2, 0.25) is 0 Å². The van der Waals surface area contributed by atoms with Gasteiger partial charge in [-0.15, -0.1) is 0 Å². The van der Waals surface area contributed by atoms with E-state index in [1.165, 1.54) is 0 Å². The first-order valence-corrected chi connectivity index (χ1v) is 4.72. The van der Waals surface area contributed by atoms with Crippen LogP contribution in [0, 0.1) is 5.41 Å². The second-order valence-electron chi connectivity index (χ2n) is 4.36. The molecule has 0 fully saturated rings. The smallest absolute Gasteiger partial charge is 0.150 e. The number of aliphatic hydroxyl groups excluding tert-OH is 1. The van der Waals surface area contributed by atoms with Crippen molar-refractivity contribution in [3.05, 3.63) is 35.4 Å². The van der Waals surface area contributed by atoms with Gasteiger partial charge in [-0.3, -0.25) is 4.79 Å². The van der Waals surface area contributed by atoms with Gasteiger partial charge in [-0.25, -0.2) is 0 Å². The van der Waals surface area contributed by atoms with Crippen molar-refractivity contribution in [3.63, 3.8) is 0 Å². The number of benzene rings is 1. The van der Waals surface area contributed by atoms with E-state index in [2.05, 4.69) is 0 Å². The van der Waals surface area contributed by atoms with E-state index in [9.17, 15) is 4.79 Å². The van der Waals surface area contributed by atoms with Crippen LogP contribution in [0.3, 0.4) is 0 Å². The molecule has 2 heteroatoms. The third-order valence-corrected chi connectivity index (χ3v) is 2.20. The summed E-state index contributed by atoms with van der Waals surface area (Å²) in [7, 11) is 0. The van der Waals surface area contributed by atoms with Crippen LogP contribution in [0.4, 0.5) is 0 Å². The van der Waals surface area contributed by atoms with Crippen molar-refractivity contribution in [2.75, 3.05) is 6.61 Å². The maximum Gasteiger partial charge on any atom is 0.150 e. The van der Waals surface area contributed by atoms with Crippen LogP contribution in [-0.4, -0.2) is 18.0 Å². The lowest BCUT2D eigenvalue weighted by atomic mass is 9.86. The summed E-state index contributed by atoms with van der Waals surface area (Å²) in [5, 5.41) is 9.11. The summed E-state index contributed by atoms with van der Waals surface area (Å²) in [4.78, 5) is 10.5. The largest absolute Gasteiger partial charge is 0.396 e. The molecule has 0 saturated heterocycles. The zero-order valence-corrected chi connectivity index (χ0v) is 8.66. The SMILES string of the molecule is CC(C)(CO)Cc1cccc(C=O)c1. The maximum atomic E-state index is 10.5. The highest BCUT2D eigenvalue weighted by atomic mass is 16.3. The lowest BCUT2D eigenvalue weighted by Gasteiger charge is -2.21. The first-order valence-electron chi connectivity index (χ1n) is 4.72. The Bertz CT molecular complexity index is 316. The Labute approximate surface area is 84.6 Å². The first-order chi connectivity index (χ1) is 6.57. The Morgan fingerprint density at radius 3 is 2.71 bits per heavy atom. The predicted molar refractivity (Wildman–Crippen MR) is 56.4 cm³/mol. The van der Waals surface area contributed by atoms with Crippen LogP contribution in [0.1, 0.15) is 29.8 Å². The maximum absolute atomic E-state index is 10.5. The fourth-order valence-corrected chi connectivity index (χ4v) is 1.38. The molecule has 0 spiro atoms. The second-order valence-corrected chi connectivity index (χ2v) is 4.36. The fraction of sp³-hybridized carbons (Fsp3) is 0.417. The molecule has 0 aliphatic heterocycles. The molecule has 0 heterocycles. The van der Waals surface area contributed by atoms with Gasteiger partial charge in [0.2, 0.25) is 0 Å². The highest BCUT2D eigenvalue weighted by molar-refractivity contribution is 5.74. The number of aldehydes is 1. The number of aliphatic hydroxyl groups is 1. The summed E-state index contributed by atoms with van der Waals surface area (Å²) < 4.78 is 0. The molecule has 1 N–H and O–H groups in total. The van der Waals surface area contributed by atoms with Crippen LogP contribution in [-0.2, 0) is 6.42 Å². The van der Waals surface area contributed by atoms with Crippen LogP contribution in [0.15, 0.2) is 24.3 Å². The fourth-order valence-electron chi connectivity index (χ4n) is 1.38. The average molecular weight is 192 g/mol. The van der Waals surface area contributed by atoms with Crippen molar-refractivity contribution >= 4 is 6.29 Å². The molecule has 0 unspecified atom stereocenters. The van der Waals surface area contributed by atoms with Crippen LogP contribution in [0.5, 0.6) is 0 Å². The van der Waals surface area contributed by atoms with Crippen molar-refractivity contribution < 1.29 is 9.90 Å². The van der Waals surface area contributed by atoms with E-state index in [4.69, 9.17) is 5.11 Å². The molecule has 1 aromatic carbocycles. The van der Waals surface area contributed by atoms with Gasteiger partial charge in [0.05, 0.1) is 0 Å². The van der Waals surface area contributed by atoms with Gasteiger partial charge in [0.25, 0.3) is 0 Å². The summed E-state index contributed by atoms with van der Waals surface area (Å²) in [5.41, 5.74) is 1.66. The van der Waals surface area contributed by atoms with E-state index in [1.807, 2.05) is 32.0 Å². The molecule has 0 atom stereocenters. The van der Waals surface area contributed by atoms with Gasteiger partial charge in [-0.1, -0.05) is 32.0 Å². The number of rotatable bonds is 4. The molecule has 0 aromatic heterocycles. The molecular weight excluding hydrogens is 176 g/mol. The van der Waals surface area contributed by atoms with Gasteiger partial charge in [0, 0.05) is 12.2 Å². The van der Waals surface area contributed by atoms with Crippen LogP contribution >= 0.6 is 0 Å². The number of hydrogen-bond acceptors (Lipinski definition) is 2. The van der Waals surface area contributed by atoms with Gasteiger partial charge >= 0.3 is 0 Å². The van der Waals surface area contributed by atoms with E-state index in [-0.39, 0.29) is 12.0 Å². The molecule has 76 valence electrons. The Morgan fingerprint density at radius 2 is 2.14 bits per heavy atom. The number of carbonyl (C=O) groups excluding carboxylic acids is 1. The molecule has 1 rings (SSSR count). The summed E-state index contributed by atoms with van der Waals surface area (Å²) in [6.45, 7) is 4.15. The molecule has 0 radical (unpaired) electrons. The van der Waals surface area contributed by atoms with Gasteiger partial charge in [-0.05, 0) is 23.5 Å². The Morgan fingerprint density at radius 1 is 1.43 bits per heavy atom. The average Bonchev–Trinajstić information content (AvgIpc) is 2.17. The van der Waals surface area contributed by atoms with Crippen molar-refractivity contribution in [2.45, 2.75) is 20.3 Å². The van der Waals surface area contributed by atoms with Crippen LogP contribution in [0.25, 0.3) is 0 Å². The van der Waals surface area contributed by atoms with E-state index in [0.29, 0.717) is 5.56 Å². The van der Waals surface area contributed by atoms with Crippen LogP contribution < -0.4 is 0 Å². The van der Waals surface area contributed by atoms with Gasteiger partial charge in [-0.2, -0.15) is 0 Å². The molecule has 1 aromatic rings. The number of hydrogen-bond donors (Lipinski definition) is 1. The van der Waals surface area contributed by atoms with Crippen molar-refractivity contribution in [1.82, 2.24) is 0 Å². The minimum atomic E-state index is -0.124.